The zero-order chi connectivity index (χ0) is 12.3. The number of alkyl halides is 1. The summed E-state index contributed by atoms with van der Waals surface area (Å²) in [6, 6.07) is 3.97. The van der Waals surface area contributed by atoms with E-state index in [1.54, 1.807) is 0 Å². The minimum Gasteiger partial charge on any atom is -0.276 e. The van der Waals surface area contributed by atoms with Gasteiger partial charge in [0.15, 0.2) is 0 Å². The van der Waals surface area contributed by atoms with Gasteiger partial charge in [0, 0.05) is 10.5 Å². The van der Waals surface area contributed by atoms with Gasteiger partial charge in [0.1, 0.15) is 10.9 Å². The number of anilines is 1. The van der Waals surface area contributed by atoms with Gasteiger partial charge in [-0.1, -0.05) is 15.9 Å². The Bertz CT molecular complexity index is 519. The number of nitrogens with zero attached hydrogens (tertiary/aromatic N) is 1. The first-order valence-electron chi connectivity index (χ1n) is 3.86. The maximum Gasteiger partial charge on any atom is 0.294 e. The van der Waals surface area contributed by atoms with Crippen molar-refractivity contribution in [2.75, 3.05) is 9.93 Å². The minimum atomic E-state index is -3.75. The molecular formula is C7H6BrClN2O4S. The van der Waals surface area contributed by atoms with E-state index in [9.17, 15) is 18.5 Å². The molecule has 1 rings (SSSR count). The van der Waals surface area contributed by atoms with E-state index in [0.717, 1.165) is 0 Å². The van der Waals surface area contributed by atoms with Crippen LogP contribution >= 0.6 is 27.5 Å². The van der Waals surface area contributed by atoms with E-state index in [0.29, 0.717) is 4.47 Å². The van der Waals surface area contributed by atoms with Crippen molar-refractivity contribution in [3.05, 3.63) is 32.8 Å². The number of nitrogens with one attached hydrogen (secondary N) is 1. The summed E-state index contributed by atoms with van der Waals surface area (Å²) in [5.74, 6) is 0. The predicted molar refractivity (Wildman–Crippen MR) is 64.1 cm³/mol. The number of hydrogen-bond donors (Lipinski definition) is 1. The van der Waals surface area contributed by atoms with Gasteiger partial charge >= 0.3 is 0 Å². The van der Waals surface area contributed by atoms with Crippen molar-refractivity contribution in [2.24, 2.45) is 0 Å². The van der Waals surface area contributed by atoms with Gasteiger partial charge < -0.3 is 0 Å². The highest BCUT2D eigenvalue weighted by Crippen LogP contribution is 2.28. The molecule has 0 fully saturated rings. The van der Waals surface area contributed by atoms with Crippen molar-refractivity contribution in [2.45, 2.75) is 0 Å². The Morgan fingerprint density at radius 1 is 1.50 bits per heavy atom. The molecule has 6 nitrogen and oxygen atoms in total. The molecule has 0 heterocycles. The van der Waals surface area contributed by atoms with E-state index in [1.165, 1.54) is 18.2 Å². The average molecular weight is 330 g/mol. The standard InChI is InChI=1S/C7H6BrClN2O4S/c8-5-1-2-6(7(3-5)11(12)13)10-16(14,15)4-9/h1-3,10H,4H2. The summed E-state index contributed by atoms with van der Waals surface area (Å²) in [4.78, 5) is 9.98. The smallest absolute Gasteiger partial charge is 0.276 e. The van der Waals surface area contributed by atoms with Crippen LogP contribution in [0.5, 0.6) is 0 Å². The van der Waals surface area contributed by atoms with Crippen LogP contribution < -0.4 is 4.72 Å². The van der Waals surface area contributed by atoms with E-state index >= 15 is 0 Å². The molecule has 0 spiro atoms. The maximum absolute atomic E-state index is 11.2. The molecule has 1 N–H and O–H groups in total. The molecule has 1 aromatic carbocycles. The third kappa shape index (κ3) is 3.32. The van der Waals surface area contributed by atoms with E-state index in [1.807, 2.05) is 4.72 Å². The van der Waals surface area contributed by atoms with Gasteiger partial charge in [-0.05, 0) is 12.1 Å². The Labute approximate surface area is 105 Å². The number of rotatable bonds is 4. The molecule has 0 aliphatic heterocycles. The lowest BCUT2D eigenvalue weighted by Gasteiger charge is -2.05. The molecule has 0 aliphatic carbocycles. The quantitative estimate of drug-likeness (QED) is 0.521. The lowest BCUT2D eigenvalue weighted by Crippen LogP contribution is -2.14. The first kappa shape index (κ1) is 13.2. The minimum absolute atomic E-state index is 0.117. The molecule has 0 aliphatic rings. The number of halogens is 2. The molecule has 0 bridgehead atoms. The maximum atomic E-state index is 11.2. The predicted octanol–water partition coefficient (Wildman–Crippen LogP) is 2.30. The molecule has 0 amide bonds. The monoisotopic (exact) mass is 328 g/mol. The Kier molecular flexibility index (Phi) is 4.11. The van der Waals surface area contributed by atoms with Gasteiger partial charge in [0.2, 0.25) is 10.0 Å². The average Bonchev–Trinajstić information content (AvgIpc) is 2.20. The normalized spacial score (nSPS) is 11.1. The fraction of sp³-hybridized carbons (Fsp3) is 0.143. The van der Waals surface area contributed by atoms with Gasteiger partial charge in [-0.15, -0.1) is 11.6 Å². The Morgan fingerprint density at radius 3 is 2.62 bits per heavy atom. The second kappa shape index (κ2) is 4.98. The molecule has 0 aromatic heterocycles. The van der Waals surface area contributed by atoms with E-state index in [-0.39, 0.29) is 11.4 Å². The molecule has 16 heavy (non-hydrogen) atoms. The Balaban J connectivity index is 3.19. The van der Waals surface area contributed by atoms with Crippen LogP contribution in [0.15, 0.2) is 22.7 Å². The molecule has 9 heteroatoms. The number of hydrogen-bond acceptors (Lipinski definition) is 4. The molecular weight excluding hydrogens is 324 g/mol. The fourth-order valence-corrected chi connectivity index (χ4v) is 2.01. The molecule has 0 saturated carbocycles. The van der Waals surface area contributed by atoms with E-state index in [2.05, 4.69) is 15.9 Å². The fourth-order valence-electron chi connectivity index (χ4n) is 0.937. The van der Waals surface area contributed by atoms with Crippen molar-refractivity contribution in [3.63, 3.8) is 0 Å². The zero-order valence-electron chi connectivity index (χ0n) is 7.68. The second-order valence-corrected chi connectivity index (χ2v) is 5.97. The van der Waals surface area contributed by atoms with E-state index < -0.39 is 20.2 Å². The Morgan fingerprint density at radius 2 is 2.12 bits per heavy atom. The van der Waals surface area contributed by atoms with Crippen LogP contribution in [-0.4, -0.2) is 18.6 Å². The van der Waals surface area contributed by atoms with Crippen LogP contribution in [0.1, 0.15) is 0 Å². The summed E-state index contributed by atoms with van der Waals surface area (Å²) in [5.41, 5.74) is -0.461. The molecule has 0 unspecified atom stereocenters. The van der Waals surface area contributed by atoms with Gasteiger partial charge in [0.05, 0.1) is 4.92 Å². The van der Waals surface area contributed by atoms with Crippen LogP contribution in [0, 0.1) is 10.1 Å². The molecule has 0 radical (unpaired) electrons. The van der Waals surface area contributed by atoms with E-state index in [4.69, 9.17) is 11.6 Å². The molecule has 0 saturated heterocycles. The first-order valence-corrected chi connectivity index (χ1v) is 6.84. The van der Waals surface area contributed by atoms with Crippen LogP contribution in [0.4, 0.5) is 11.4 Å². The van der Waals surface area contributed by atoms with Crippen molar-refractivity contribution >= 4 is 48.9 Å². The third-order valence-corrected chi connectivity index (χ3v) is 3.74. The van der Waals surface area contributed by atoms with Gasteiger partial charge in [-0.25, -0.2) is 8.42 Å². The second-order valence-electron chi connectivity index (χ2n) is 2.74. The summed E-state index contributed by atoms with van der Waals surface area (Å²) in [5, 5.41) is 10.00. The summed E-state index contributed by atoms with van der Waals surface area (Å²) >= 11 is 8.23. The van der Waals surface area contributed by atoms with Crippen LogP contribution in [-0.2, 0) is 10.0 Å². The first-order chi connectivity index (χ1) is 7.35. The SMILES string of the molecule is O=[N+]([O-])c1cc(Br)ccc1NS(=O)(=O)CCl. The Hall–Kier alpha value is -0.860. The topological polar surface area (TPSA) is 89.3 Å². The molecule has 0 atom stereocenters. The summed E-state index contributed by atoms with van der Waals surface area (Å²) in [6.45, 7) is 0. The van der Waals surface area contributed by atoms with Crippen LogP contribution in [0.25, 0.3) is 0 Å². The van der Waals surface area contributed by atoms with Crippen molar-refractivity contribution in [1.82, 2.24) is 0 Å². The third-order valence-electron chi connectivity index (χ3n) is 1.57. The summed E-state index contributed by atoms with van der Waals surface area (Å²) in [7, 11) is -3.75. The van der Waals surface area contributed by atoms with Crippen molar-refractivity contribution in [3.8, 4) is 0 Å². The number of benzene rings is 1. The summed E-state index contributed by atoms with van der Waals surface area (Å²) < 4.78 is 24.8. The lowest BCUT2D eigenvalue weighted by molar-refractivity contribution is -0.384. The highest BCUT2D eigenvalue weighted by Gasteiger charge is 2.18. The van der Waals surface area contributed by atoms with Gasteiger partial charge in [-0.3, -0.25) is 14.8 Å². The number of nitro benzene ring substituents is 1. The zero-order valence-corrected chi connectivity index (χ0v) is 10.8. The highest BCUT2D eigenvalue weighted by atomic mass is 79.9. The van der Waals surface area contributed by atoms with Gasteiger partial charge in [0.25, 0.3) is 5.69 Å². The number of nitro groups is 1. The van der Waals surface area contributed by atoms with Crippen molar-refractivity contribution in [1.29, 1.82) is 0 Å². The largest absolute Gasteiger partial charge is 0.294 e. The van der Waals surface area contributed by atoms with Crippen molar-refractivity contribution < 1.29 is 13.3 Å². The molecule has 88 valence electrons. The van der Waals surface area contributed by atoms with Crippen LogP contribution in [0.3, 0.4) is 0 Å². The highest BCUT2D eigenvalue weighted by molar-refractivity contribution is 9.10. The molecule has 1 aromatic rings. The van der Waals surface area contributed by atoms with Gasteiger partial charge in [-0.2, -0.15) is 0 Å². The number of sulfonamides is 1. The lowest BCUT2D eigenvalue weighted by atomic mass is 10.3. The van der Waals surface area contributed by atoms with Crippen LogP contribution in [0.2, 0.25) is 0 Å². The summed E-state index contributed by atoms with van der Waals surface area (Å²) in [6.07, 6.45) is 0.